The third-order valence-electron chi connectivity index (χ3n) is 5.32. The second-order valence-electron chi connectivity index (χ2n) is 7.16. The zero-order valence-corrected chi connectivity index (χ0v) is 15.5. The van der Waals surface area contributed by atoms with Crippen LogP contribution >= 0.6 is 0 Å². The van der Waals surface area contributed by atoms with Gasteiger partial charge in [0.2, 0.25) is 5.91 Å². The number of hydrogen-bond donors (Lipinski definition) is 0. The Morgan fingerprint density at radius 1 is 1.12 bits per heavy atom. The van der Waals surface area contributed by atoms with E-state index in [4.69, 9.17) is 4.98 Å². The van der Waals surface area contributed by atoms with Gasteiger partial charge < -0.3 is 9.47 Å². The molecule has 1 fully saturated rings. The summed E-state index contributed by atoms with van der Waals surface area (Å²) in [5, 5.41) is 0. The fourth-order valence-electron chi connectivity index (χ4n) is 3.94. The van der Waals surface area contributed by atoms with Gasteiger partial charge in [0, 0.05) is 31.1 Å². The van der Waals surface area contributed by atoms with E-state index in [2.05, 4.69) is 42.7 Å². The van der Waals surface area contributed by atoms with Crippen molar-refractivity contribution in [2.45, 2.75) is 45.6 Å². The molecule has 0 saturated carbocycles. The van der Waals surface area contributed by atoms with E-state index in [1.807, 2.05) is 29.2 Å². The number of para-hydroxylation sites is 3. The molecule has 2 heterocycles. The average molecular weight is 347 g/mol. The lowest BCUT2D eigenvalue weighted by molar-refractivity contribution is -0.117. The van der Waals surface area contributed by atoms with Crippen LogP contribution in [-0.4, -0.2) is 22.0 Å². The van der Waals surface area contributed by atoms with Crippen LogP contribution in [0.3, 0.4) is 0 Å². The lowest BCUT2D eigenvalue weighted by Gasteiger charge is -2.19. The largest absolute Gasteiger partial charge is 0.328 e. The molecule has 134 valence electrons. The summed E-state index contributed by atoms with van der Waals surface area (Å²) in [6, 6.07) is 16.4. The Labute approximate surface area is 154 Å². The SMILES string of the molecule is CCCCn1c([C@@H]2CC(=O)N(c3ccccc3C)C2)nc2ccccc21. The first-order valence-electron chi connectivity index (χ1n) is 9.50. The normalized spacial score (nSPS) is 17.4. The van der Waals surface area contributed by atoms with Gasteiger partial charge in [-0.3, -0.25) is 4.79 Å². The molecule has 0 radical (unpaired) electrons. The summed E-state index contributed by atoms with van der Waals surface area (Å²) < 4.78 is 2.33. The quantitative estimate of drug-likeness (QED) is 0.673. The first-order chi connectivity index (χ1) is 12.7. The predicted molar refractivity (Wildman–Crippen MR) is 106 cm³/mol. The number of anilines is 1. The highest BCUT2D eigenvalue weighted by Gasteiger charge is 2.35. The van der Waals surface area contributed by atoms with Gasteiger partial charge in [0.1, 0.15) is 5.82 Å². The van der Waals surface area contributed by atoms with Crippen LogP contribution in [0.1, 0.15) is 43.5 Å². The molecule has 26 heavy (non-hydrogen) atoms. The molecule has 4 rings (SSSR count). The van der Waals surface area contributed by atoms with E-state index in [9.17, 15) is 4.79 Å². The number of nitrogens with zero attached hydrogens (tertiary/aromatic N) is 3. The summed E-state index contributed by atoms with van der Waals surface area (Å²) in [5.74, 6) is 1.40. The zero-order chi connectivity index (χ0) is 18.1. The van der Waals surface area contributed by atoms with Gasteiger partial charge >= 0.3 is 0 Å². The Kier molecular flexibility index (Phi) is 4.49. The minimum atomic E-state index is 0.145. The molecular formula is C22H25N3O. The summed E-state index contributed by atoms with van der Waals surface area (Å²) in [4.78, 5) is 19.6. The van der Waals surface area contributed by atoms with Crippen molar-refractivity contribution in [3.8, 4) is 0 Å². The van der Waals surface area contributed by atoms with Gasteiger partial charge in [-0.2, -0.15) is 0 Å². The fraction of sp³-hybridized carbons (Fsp3) is 0.364. The number of amides is 1. The first-order valence-corrected chi connectivity index (χ1v) is 9.50. The Morgan fingerprint density at radius 2 is 1.88 bits per heavy atom. The van der Waals surface area contributed by atoms with Gasteiger partial charge in [-0.05, 0) is 37.1 Å². The molecule has 0 bridgehead atoms. The van der Waals surface area contributed by atoms with E-state index >= 15 is 0 Å². The summed E-state index contributed by atoms with van der Waals surface area (Å²) in [6.45, 7) is 5.94. The molecule has 0 unspecified atom stereocenters. The highest BCUT2D eigenvalue weighted by molar-refractivity contribution is 5.97. The minimum absolute atomic E-state index is 0.145. The molecule has 4 nitrogen and oxygen atoms in total. The van der Waals surface area contributed by atoms with Gasteiger partial charge in [0.25, 0.3) is 0 Å². The molecule has 1 aromatic heterocycles. The Bertz CT molecular complexity index is 943. The molecule has 3 aromatic rings. The maximum atomic E-state index is 12.7. The van der Waals surface area contributed by atoms with Crippen LogP contribution < -0.4 is 4.90 Å². The number of unbranched alkanes of at least 4 members (excludes halogenated alkanes) is 1. The molecule has 4 heteroatoms. The van der Waals surface area contributed by atoms with E-state index in [0.717, 1.165) is 42.0 Å². The molecule has 1 aliphatic rings. The number of benzene rings is 2. The maximum absolute atomic E-state index is 12.7. The van der Waals surface area contributed by atoms with Crippen LogP contribution in [0.25, 0.3) is 11.0 Å². The van der Waals surface area contributed by atoms with Gasteiger partial charge in [0.05, 0.1) is 11.0 Å². The Hall–Kier alpha value is -2.62. The van der Waals surface area contributed by atoms with Crippen molar-refractivity contribution in [1.82, 2.24) is 9.55 Å². The highest BCUT2D eigenvalue weighted by atomic mass is 16.2. The number of fused-ring (bicyclic) bond motifs is 1. The topological polar surface area (TPSA) is 38.1 Å². The third-order valence-corrected chi connectivity index (χ3v) is 5.32. The van der Waals surface area contributed by atoms with E-state index < -0.39 is 0 Å². The molecule has 2 aromatic carbocycles. The monoisotopic (exact) mass is 347 g/mol. The minimum Gasteiger partial charge on any atom is -0.328 e. The van der Waals surface area contributed by atoms with Crippen molar-refractivity contribution in [1.29, 1.82) is 0 Å². The Morgan fingerprint density at radius 3 is 2.69 bits per heavy atom. The maximum Gasteiger partial charge on any atom is 0.227 e. The van der Waals surface area contributed by atoms with Crippen molar-refractivity contribution in [2.24, 2.45) is 0 Å². The summed E-state index contributed by atoms with van der Waals surface area (Å²) >= 11 is 0. The van der Waals surface area contributed by atoms with E-state index in [1.54, 1.807) is 0 Å². The molecule has 1 atom stereocenters. The summed E-state index contributed by atoms with van der Waals surface area (Å²) in [5.41, 5.74) is 4.37. The van der Waals surface area contributed by atoms with Crippen molar-refractivity contribution in [3.63, 3.8) is 0 Å². The predicted octanol–water partition coefficient (Wildman–Crippen LogP) is 4.67. The molecule has 0 N–H and O–H groups in total. The van der Waals surface area contributed by atoms with Crippen LogP contribution in [0, 0.1) is 6.92 Å². The number of imidazole rings is 1. The van der Waals surface area contributed by atoms with Gasteiger partial charge in [-0.1, -0.05) is 43.7 Å². The fourth-order valence-corrected chi connectivity index (χ4v) is 3.94. The summed E-state index contributed by atoms with van der Waals surface area (Å²) in [7, 11) is 0. The molecule has 0 aliphatic carbocycles. The van der Waals surface area contributed by atoms with Crippen LogP contribution in [0.2, 0.25) is 0 Å². The molecule has 1 saturated heterocycles. The average Bonchev–Trinajstić information content (AvgIpc) is 3.21. The number of aryl methyl sites for hydroxylation is 2. The highest BCUT2D eigenvalue weighted by Crippen LogP contribution is 2.34. The zero-order valence-electron chi connectivity index (χ0n) is 15.5. The molecule has 1 amide bonds. The molecule has 1 aliphatic heterocycles. The second kappa shape index (κ2) is 6.94. The number of rotatable bonds is 5. The van der Waals surface area contributed by atoms with Crippen molar-refractivity contribution >= 4 is 22.6 Å². The molecular weight excluding hydrogens is 322 g/mol. The molecule has 0 spiro atoms. The van der Waals surface area contributed by atoms with E-state index in [0.29, 0.717) is 13.0 Å². The van der Waals surface area contributed by atoms with Gasteiger partial charge in [0.15, 0.2) is 0 Å². The Balaban J connectivity index is 1.70. The number of carbonyl (C=O) groups excluding carboxylic acids is 1. The third kappa shape index (κ3) is 2.90. The van der Waals surface area contributed by atoms with E-state index in [1.165, 1.54) is 5.52 Å². The first kappa shape index (κ1) is 16.8. The van der Waals surface area contributed by atoms with Crippen LogP contribution in [-0.2, 0) is 11.3 Å². The standard InChI is InChI=1S/C22H25N3O/c1-3-4-13-24-20-12-8-6-10-18(20)23-22(24)17-14-21(26)25(15-17)19-11-7-5-9-16(19)2/h5-12,17H,3-4,13-15H2,1-2H3/t17-/m1/s1. The van der Waals surface area contributed by atoms with Gasteiger partial charge in [-0.25, -0.2) is 4.98 Å². The van der Waals surface area contributed by atoms with Crippen LogP contribution in [0.5, 0.6) is 0 Å². The van der Waals surface area contributed by atoms with Crippen molar-refractivity contribution < 1.29 is 4.79 Å². The van der Waals surface area contributed by atoms with E-state index in [-0.39, 0.29) is 11.8 Å². The number of aromatic nitrogens is 2. The number of carbonyl (C=O) groups is 1. The van der Waals surface area contributed by atoms with Crippen LogP contribution in [0.15, 0.2) is 48.5 Å². The lowest BCUT2D eigenvalue weighted by atomic mass is 10.1. The second-order valence-corrected chi connectivity index (χ2v) is 7.16. The summed E-state index contributed by atoms with van der Waals surface area (Å²) in [6.07, 6.45) is 2.80. The van der Waals surface area contributed by atoms with Crippen molar-refractivity contribution in [2.75, 3.05) is 11.4 Å². The van der Waals surface area contributed by atoms with Crippen LogP contribution in [0.4, 0.5) is 5.69 Å². The van der Waals surface area contributed by atoms with Gasteiger partial charge in [-0.15, -0.1) is 0 Å². The number of hydrogen-bond acceptors (Lipinski definition) is 2. The lowest BCUT2D eigenvalue weighted by Crippen LogP contribution is -2.25. The smallest absolute Gasteiger partial charge is 0.227 e. The van der Waals surface area contributed by atoms with Crippen molar-refractivity contribution in [3.05, 3.63) is 59.9 Å².